The van der Waals surface area contributed by atoms with E-state index < -0.39 is 25.6 Å². The fraction of sp³-hybridized carbons (Fsp3) is 0.462. The molecule has 0 aromatic carbocycles. The first-order valence-electron chi connectivity index (χ1n) is 6.63. The lowest BCUT2D eigenvalue weighted by Crippen LogP contribution is -2.51. The highest BCUT2D eigenvalue weighted by Gasteiger charge is 2.39. The number of nitrogens with zero attached hydrogens (tertiary/aromatic N) is 2. The zero-order valence-corrected chi connectivity index (χ0v) is 13.5. The highest BCUT2D eigenvalue weighted by molar-refractivity contribution is 7.90. The summed E-state index contributed by atoms with van der Waals surface area (Å²) in [6, 6.07) is 3.45. The molecular weight excluding hydrogens is 310 g/mol. The number of H-pyrrole nitrogens is 1. The maximum atomic E-state index is 12.8. The van der Waals surface area contributed by atoms with Gasteiger partial charge in [-0.1, -0.05) is 0 Å². The van der Waals surface area contributed by atoms with E-state index in [4.69, 9.17) is 0 Å². The van der Waals surface area contributed by atoms with Gasteiger partial charge in [-0.15, -0.1) is 0 Å². The van der Waals surface area contributed by atoms with E-state index in [1.165, 1.54) is 10.5 Å². The number of hydrogen-bond acceptors (Lipinski definition) is 4. The van der Waals surface area contributed by atoms with Crippen LogP contribution >= 0.6 is 0 Å². The van der Waals surface area contributed by atoms with Gasteiger partial charge in [0.05, 0.1) is 4.75 Å². The van der Waals surface area contributed by atoms with Crippen molar-refractivity contribution in [1.29, 1.82) is 0 Å². The van der Waals surface area contributed by atoms with Crippen LogP contribution in [-0.4, -0.2) is 50.5 Å². The lowest BCUT2D eigenvalue weighted by atomic mass is 10.2. The second-order valence-corrected chi connectivity index (χ2v) is 9.81. The Balaban J connectivity index is 2.03. The van der Waals surface area contributed by atoms with E-state index in [2.05, 4.69) is 9.97 Å². The molecule has 3 rings (SSSR count). The van der Waals surface area contributed by atoms with Crippen molar-refractivity contribution in [2.75, 3.05) is 18.8 Å². The van der Waals surface area contributed by atoms with Gasteiger partial charge >= 0.3 is 0 Å². The SMILES string of the molecule is CC1(C)CN(S(=O)(=O)c2c[nH]c3ncccc23)CCS1=O. The van der Waals surface area contributed by atoms with Crippen LogP contribution in [0, 0.1) is 0 Å². The first-order chi connectivity index (χ1) is 9.82. The zero-order valence-electron chi connectivity index (χ0n) is 11.9. The minimum atomic E-state index is -3.61. The van der Waals surface area contributed by atoms with Crippen LogP contribution in [-0.2, 0) is 20.8 Å². The molecule has 0 saturated carbocycles. The Morgan fingerprint density at radius 1 is 1.43 bits per heavy atom. The van der Waals surface area contributed by atoms with Crippen LogP contribution in [0.2, 0.25) is 0 Å². The lowest BCUT2D eigenvalue weighted by molar-refractivity contribution is 0.379. The molecule has 1 saturated heterocycles. The Morgan fingerprint density at radius 3 is 2.90 bits per heavy atom. The van der Waals surface area contributed by atoms with Crippen LogP contribution in [0.5, 0.6) is 0 Å². The Bertz CT molecular complexity index is 811. The molecule has 0 amide bonds. The van der Waals surface area contributed by atoms with E-state index in [1.54, 1.807) is 18.3 Å². The van der Waals surface area contributed by atoms with Crippen molar-refractivity contribution in [3.05, 3.63) is 24.5 Å². The average molecular weight is 327 g/mol. The summed E-state index contributed by atoms with van der Waals surface area (Å²) in [6.45, 7) is 4.21. The summed E-state index contributed by atoms with van der Waals surface area (Å²) in [5.74, 6) is 0.368. The topological polar surface area (TPSA) is 83.1 Å². The quantitative estimate of drug-likeness (QED) is 0.895. The fourth-order valence-corrected chi connectivity index (χ4v) is 5.71. The fourth-order valence-electron chi connectivity index (χ4n) is 2.53. The third-order valence-electron chi connectivity index (χ3n) is 3.73. The molecule has 8 heteroatoms. The van der Waals surface area contributed by atoms with Gasteiger partial charge in [-0.25, -0.2) is 13.4 Å². The van der Waals surface area contributed by atoms with E-state index in [1.807, 2.05) is 13.8 Å². The predicted molar refractivity (Wildman–Crippen MR) is 81.9 cm³/mol. The van der Waals surface area contributed by atoms with Crippen LogP contribution in [0.3, 0.4) is 0 Å². The summed E-state index contributed by atoms with van der Waals surface area (Å²) >= 11 is 0. The maximum Gasteiger partial charge on any atom is 0.245 e. The van der Waals surface area contributed by atoms with Gasteiger partial charge in [0.15, 0.2) is 0 Å². The van der Waals surface area contributed by atoms with E-state index in [-0.39, 0.29) is 18.0 Å². The first-order valence-corrected chi connectivity index (χ1v) is 9.39. The monoisotopic (exact) mass is 327 g/mol. The van der Waals surface area contributed by atoms with Gasteiger partial charge in [0.25, 0.3) is 0 Å². The Hall–Kier alpha value is -1.25. The molecule has 0 aliphatic carbocycles. The summed E-state index contributed by atoms with van der Waals surface area (Å²) in [5.41, 5.74) is 0.552. The minimum Gasteiger partial charge on any atom is -0.345 e. The van der Waals surface area contributed by atoms with Crippen molar-refractivity contribution in [1.82, 2.24) is 14.3 Å². The maximum absolute atomic E-state index is 12.8. The summed E-state index contributed by atoms with van der Waals surface area (Å²) in [4.78, 5) is 7.23. The molecule has 1 aliphatic rings. The molecule has 21 heavy (non-hydrogen) atoms. The summed E-state index contributed by atoms with van der Waals surface area (Å²) < 4.78 is 38.5. The van der Waals surface area contributed by atoms with Gasteiger partial charge < -0.3 is 4.98 Å². The predicted octanol–water partition coefficient (Wildman–Crippen LogP) is 1.09. The van der Waals surface area contributed by atoms with Gasteiger partial charge in [0, 0.05) is 47.4 Å². The molecule has 2 aromatic heterocycles. The van der Waals surface area contributed by atoms with Crippen molar-refractivity contribution < 1.29 is 12.6 Å². The molecule has 3 heterocycles. The molecule has 1 fully saturated rings. The molecule has 114 valence electrons. The molecule has 0 bridgehead atoms. The third-order valence-corrected chi connectivity index (χ3v) is 7.53. The van der Waals surface area contributed by atoms with Crippen molar-refractivity contribution in [2.45, 2.75) is 23.5 Å². The summed E-state index contributed by atoms with van der Waals surface area (Å²) in [7, 11) is -4.62. The van der Waals surface area contributed by atoms with E-state index in [9.17, 15) is 12.6 Å². The van der Waals surface area contributed by atoms with E-state index in [0.717, 1.165) is 0 Å². The number of fused-ring (bicyclic) bond motifs is 1. The molecule has 1 N–H and O–H groups in total. The van der Waals surface area contributed by atoms with E-state index >= 15 is 0 Å². The smallest absolute Gasteiger partial charge is 0.245 e. The summed E-state index contributed by atoms with van der Waals surface area (Å²) in [5, 5.41) is 0.585. The van der Waals surface area contributed by atoms with Crippen molar-refractivity contribution in [3.63, 3.8) is 0 Å². The number of hydrogen-bond donors (Lipinski definition) is 1. The van der Waals surface area contributed by atoms with Gasteiger partial charge in [-0.3, -0.25) is 4.21 Å². The largest absolute Gasteiger partial charge is 0.345 e. The van der Waals surface area contributed by atoms with Crippen molar-refractivity contribution in [3.8, 4) is 0 Å². The zero-order chi connectivity index (χ0) is 15.3. The van der Waals surface area contributed by atoms with Crippen LogP contribution in [0.25, 0.3) is 11.0 Å². The number of sulfonamides is 1. The average Bonchev–Trinajstić information content (AvgIpc) is 2.86. The molecule has 1 aliphatic heterocycles. The second-order valence-electron chi connectivity index (χ2n) is 5.70. The van der Waals surface area contributed by atoms with Crippen LogP contribution < -0.4 is 0 Å². The Kier molecular flexibility index (Phi) is 3.42. The van der Waals surface area contributed by atoms with Crippen LogP contribution in [0.4, 0.5) is 0 Å². The number of aromatic nitrogens is 2. The molecule has 1 atom stereocenters. The van der Waals surface area contributed by atoms with Crippen LogP contribution in [0.15, 0.2) is 29.4 Å². The highest BCUT2D eigenvalue weighted by Crippen LogP contribution is 2.29. The summed E-state index contributed by atoms with van der Waals surface area (Å²) in [6.07, 6.45) is 3.09. The van der Waals surface area contributed by atoms with E-state index in [0.29, 0.717) is 16.8 Å². The molecule has 6 nitrogen and oxygen atoms in total. The third kappa shape index (κ3) is 2.41. The Morgan fingerprint density at radius 2 is 2.19 bits per heavy atom. The number of pyridine rings is 1. The van der Waals surface area contributed by atoms with Crippen molar-refractivity contribution in [2.24, 2.45) is 0 Å². The molecule has 1 unspecified atom stereocenters. The van der Waals surface area contributed by atoms with Crippen molar-refractivity contribution >= 4 is 31.9 Å². The van der Waals surface area contributed by atoms with Gasteiger partial charge in [-0.05, 0) is 26.0 Å². The normalized spacial score (nSPS) is 23.4. The van der Waals surface area contributed by atoms with Gasteiger partial charge in [-0.2, -0.15) is 4.31 Å². The van der Waals surface area contributed by atoms with Gasteiger partial charge in [0.2, 0.25) is 10.0 Å². The number of aromatic amines is 1. The molecule has 2 aromatic rings. The number of rotatable bonds is 2. The standard InChI is InChI=1S/C13H17N3O3S2/c1-13(2)9-16(6-7-20(13)17)21(18,19)11-8-15-12-10(11)4-3-5-14-12/h3-5,8H,6-7,9H2,1-2H3,(H,14,15). The molecular formula is C13H17N3O3S2. The lowest BCUT2D eigenvalue weighted by Gasteiger charge is -2.36. The van der Waals surface area contributed by atoms with Crippen LogP contribution in [0.1, 0.15) is 13.8 Å². The second kappa shape index (κ2) is 4.89. The highest BCUT2D eigenvalue weighted by atomic mass is 32.2. The van der Waals surface area contributed by atoms with Gasteiger partial charge in [0.1, 0.15) is 10.5 Å². The molecule has 0 spiro atoms. The molecule has 0 radical (unpaired) electrons. The number of nitrogens with one attached hydrogen (secondary N) is 1. The first kappa shape index (κ1) is 14.7. The Labute approximate surface area is 126 Å². The minimum absolute atomic E-state index is 0.231.